The quantitative estimate of drug-likeness (QED) is 0.711. The number of rotatable bonds is 1. The van der Waals surface area contributed by atoms with E-state index in [-0.39, 0.29) is 11.5 Å². The highest BCUT2D eigenvalue weighted by Crippen LogP contribution is 2.32. The van der Waals surface area contributed by atoms with Crippen LogP contribution in [0.2, 0.25) is 0 Å². The summed E-state index contributed by atoms with van der Waals surface area (Å²) in [7, 11) is 0. The number of phenols is 1. The smallest absolute Gasteiger partial charge is 0.123 e. The lowest BCUT2D eigenvalue weighted by molar-refractivity contribution is 0.429. The van der Waals surface area contributed by atoms with Gasteiger partial charge < -0.3 is 10.2 Å². The molecule has 2 N–H and O–H groups in total. The molecule has 1 aromatic rings. The highest BCUT2D eigenvalue weighted by Gasteiger charge is 2.12. The largest absolute Gasteiger partial charge is 0.508 e. The van der Waals surface area contributed by atoms with Gasteiger partial charge in [0.15, 0.2) is 0 Å². The highest BCUT2D eigenvalue weighted by atomic mass is 16.3. The maximum atomic E-state index is 9.63. The number of phenolic OH excluding ortho intramolecular Hbond substituents is 1. The molecule has 2 rings (SSSR count). The van der Waals surface area contributed by atoms with Crippen molar-refractivity contribution in [2.45, 2.75) is 12.8 Å². The first-order valence-electron chi connectivity index (χ1n) is 4.66. The Hall–Kier alpha value is -1.70. The summed E-state index contributed by atoms with van der Waals surface area (Å²) in [6.07, 6.45) is 5.30. The number of para-hydroxylation sites is 1. The van der Waals surface area contributed by atoms with Crippen LogP contribution >= 0.6 is 0 Å². The lowest BCUT2D eigenvalue weighted by Gasteiger charge is -2.13. The normalized spacial score (nSPS) is 16.0. The maximum absolute atomic E-state index is 9.63. The SMILES string of the molecule is OC1=C(c2ccccc2O)CCC=C1. The zero-order valence-electron chi connectivity index (χ0n) is 7.77. The van der Waals surface area contributed by atoms with E-state index in [2.05, 4.69) is 0 Å². The van der Waals surface area contributed by atoms with E-state index in [1.807, 2.05) is 18.2 Å². The van der Waals surface area contributed by atoms with Crippen molar-refractivity contribution in [1.82, 2.24) is 0 Å². The van der Waals surface area contributed by atoms with E-state index < -0.39 is 0 Å². The number of hydrogen-bond acceptors (Lipinski definition) is 2. The predicted octanol–water partition coefficient (Wildman–Crippen LogP) is 3.01. The zero-order chi connectivity index (χ0) is 9.97. The zero-order valence-corrected chi connectivity index (χ0v) is 7.77. The Morgan fingerprint density at radius 2 is 1.86 bits per heavy atom. The molecule has 1 aliphatic carbocycles. The molecule has 0 spiro atoms. The molecule has 0 aromatic heterocycles. The number of hydrogen-bond donors (Lipinski definition) is 2. The second-order valence-electron chi connectivity index (χ2n) is 3.32. The third kappa shape index (κ3) is 1.51. The molecule has 0 atom stereocenters. The van der Waals surface area contributed by atoms with Gasteiger partial charge in [0.2, 0.25) is 0 Å². The van der Waals surface area contributed by atoms with Crippen LogP contribution in [0.15, 0.2) is 42.2 Å². The Kier molecular flexibility index (Phi) is 2.27. The fourth-order valence-corrected chi connectivity index (χ4v) is 1.65. The summed E-state index contributed by atoms with van der Waals surface area (Å²) in [4.78, 5) is 0. The summed E-state index contributed by atoms with van der Waals surface area (Å²) in [5, 5.41) is 19.2. The monoisotopic (exact) mass is 188 g/mol. The average molecular weight is 188 g/mol. The summed E-state index contributed by atoms with van der Waals surface area (Å²) in [6, 6.07) is 7.08. The molecule has 0 radical (unpaired) electrons. The molecule has 72 valence electrons. The van der Waals surface area contributed by atoms with Gasteiger partial charge in [0.1, 0.15) is 11.5 Å². The third-order valence-electron chi connectivity index (χ3n) is 2.38. The van der Waals surface area contributed by atoms with Crippen molar-refractivity contribution in [2.24, 2.45) is 0 Å². The van der Waals surface area contributed by atoms with E-state index >= 15 is 0 Å². The Balaban J connectivity index is 2.49. The van der Waals surface area contributed by atoms with Crippen molar-refractivity contribution >= 4 is 5.57 Å². The maximum Gasteiger partial charge on any atom is 0.123 e. The van der Waals surface area contributed by atoms with Crippen molar-refractivity contribution in [1.29, 1.82) is 0 Å². The van der Waals surface area contributed by atoms with Crippen LogP contribution in [0.1, 0.15) is 18.4 Å². The van der Waals surface area contributed by atoms with Crippen molar-refractivity contribution in [2.75, 3.05) is 0 Å². The summed E-state index contributed by atoms with van der Waals surface area (Å²) in [5.74, 6) is 0.488. The molecule has 14 heavy (non-hydrogen) atoms. The molecule has 1 aliphatic rings. The number of aromatic hydroxyl groups is 1. The minimum atomic E-state index is 0.226. The topological polar surface area (TPSA) is 40.5 Å². The Bertz CT molecular complexity index is 403. The van der Waals surface area contributed by atoms with Crippen LogP contribution in [0.25, 0.3) is 5.57 Å². The van der Waals surface area contributed by atoms with Crippen LogP contribution in [0.4, 0.5) is 0 Å². The molecule has 0 bridgehead atoms. The number of benzene rings is 1. The molecule has 0 unspecified atom stereocenters. The van der Waals surface area contributed by atoms with Gasteiger partial charge in [0, 0.05) is 11.1 Å². The van der Waals surface area contributed by atoms with Gasteiger partial charge in [-0.3, -0.25) is 0 Å². The third-order valence-corrected chi connectivity index (χ3v) is 2.38. The second kappa shape index (κ2) is 3.58. The second-order valence-corrected chi connectivity index (χ2v) is 3.32. The predicted molar refractivity (Wildman–Crippen MR) is 56.0 cm³/mol. The van der Waals surface area contributed by atoms with Gasteiger partial charge in [-0.05, 0) is 25.0 Å². The molecule has 0 saturated heterocycles. The Labute approximate surface area is 82.8 Å². The molecule has 1 aromatic carbocycles. The first-order valence-corrected chi connectivity index (χ1v) is 4.66. The van der Waals surface area contributed by atoms with Crippen molar-refractivity contribution in [3.05, 3.63) is 47.7 Å². The number of aliphatic hydroxyl groups is 1. The van der Waals surface area contributed by atoms with E-state index in [1.54, 1.807) is 18.2 Å². The van der Waals surface area contributed by atoms with Gasteiger partial charge in [-0.2, -0.15) is 0 Å². The lowest BCUT2D eigenvalue weighted by Crippen LogP contribution is -1.94. The van der Waals surface area contributed by atoms with Gasteiger partial charge in [-0.15, -0.1) is 0 Å². The van der Waals surface area contributed by atoms with Gasteiger partial charge >= 0.3 is 0 Å². The first-order chi connectivity index (χ1) is 6.79. The van der Waals surface area contributed by atoms with Crippen LogP contribution in [-0.2, 0) is 0 Å². The summed E-state index contributed by atoms with van der Waals surface area (Å²) >= 11 is 0. The summed E-state index contributed by atoms with van der Waals surface area (Å²) < 4.78 is 0. The molecular weight excluding hydrogens is 176 g/mol. The van der Waals surface area contributed by atoms with Gasteiger partial charge in [-0.1, -0.05) is 24.3 Å². The Morgan fingerprint density at radius 1 is 1.07 bits per heavy atom. The minimum absolute atomic E-state index is 0.226. The summed E-state index contributed by atoms with van der Waals surface area (Å²) in [5.41, 5.74) is 1.56. The first kappa shape index (κ1) is 8.88. The molecule has 0 amide bonds. The summed E-state index contributed by atoms with van der Waals surface area (Å²) in [6.45, 7) is 0. The molecule has 0 saturated carbocycles. The van der Waals surface area contributed by atoms with Crippen LogP contribution in [0, 0.1) is 0 Å². The Morgan fingerprint density at radius 3 is 2.57 bits per heavy atom. The van der Waals surface area contributed by atoms with E-state index in [0.29, 0.717) is 0 Å². The molecule has 0 aliphatic heterocycles. The fourth-order valence-electron chi connectivity index (χ4n) is 1.65. The highest BCUT2D eigenvalue weighted by molar-refractivity contribution is 5.74. The van der Waals surface area contributed by atoms with Gasteiger partial charge in [0.25, 0.3) is 0 Å². The van der Waals surface area contributed by atoms with Crippen molar-refractivity contribution in [3.63, 3.8) is 0 Å². The molecule has 2 nitrogen and oxygen atoms in total. The van der Waals surface area contributed by atoms with Crippen molar-refractivity contribution in [3.8, 4) is 5.75 Å². The lowest BCUT2D eigenvalue weighted by atomic mass is 9.95. The van der Waals surface area contributed by atoms with E-state index in [4.69, 9.17) is 0 Å². The van der Waals surface area contributed by atoms with Crippen molar-refractivity contribution < 1.29 is 10.2 Å². The fraction of sp³-hybridized carbons (Fsp3) is 0.167. The molecule has 2 heteroatoms. The average Bonchev–Trinajstić information content (AvgIpc) is 2.20. The van der Waals surface area contributed by atoms with Crippen LogP contribution in [0.3, 0.4) is 0 Å². The van der Waals surface area contributed by atoms with Gasteiger partial charge in [-0.25, -0.2) is 0 Å². The standard InChI is InChI=1S/C12H12O2/c13-11-7-3-1-5-9(11)10-6-2-4-8-12(10)14/h1,3-5,7-8,13-14H,2,6H2. The van der Waals surface area contributed by atoms with E-state index in [0.717, 1.165) is 24.0 Å². The van der Waals surface area contributed by atoms with Crippen LogP contribution in [-0.4, -0.2) is 10.2 Å². The van der Waals surface area contributed by atoms with Crippen LogP contribution in [0.5, 0.6) is 5.75 Å². The van der Waals surface area contributed by atoms with Crippen LogP contribution < -0.4 is 0 Å². The van der Waals surface area contributed by atoms with E-state index in [1.165, 1.54) is 0 Å². The molecular formula is C12H12O2. The van der Waals surface area contributed by atoms with Gasteiger partial charge in [0.05, 0.1) is 0 Å². The minimum Gasteiger partial charge on any atom is -0.508 e. The van der Waals surface area contributed by atoms with E-state index in [9.17, 15) is 10.2 Å². The molecule has 0 heterocycles. The number of allylic oxidation sites excluding steroid dienone is 3. The number of aliphatic hydroxyl groups excluding tert-OH is 1. The molecule has 0 fully saturated rings.